The molecule has 0 aliphatic heterocycles. The second kappa shape index (κ2) is 11.0. The normalized spacial score (nSPS) is 10.8. The van der Waals surface area contributed by atoms with Crippen LogP contribution in [0.2, 0.25) is 0 Å². The number of anilines is 1. The van der Waals surface area contributed by atoms with Crippen LogP contribution in [0.5, 0.6) is 0 Å². The van der Waals surface area contributed by atoms with E-state index in [4.69, 9.17) is 16.0 Å². The summed E-state index contributed by atoms with van der Waals surface area (Å²) < 4.78 is 44.1. The first-order valence-corrected chi connectivity index (χ1v) is 9.38. The fourth-order valence-corrected chi connectivity index (χ4v) is 2.78. The number of aromatic nitrogens is 1. The summed E-state index contributed by atoms with van der Waals surface area (Å²) >= 11 is 0. The lowest BCUT2D eigenvalue weighted by Crippen LogP contribution is -2.35. The molecule has 32 heavy (non-hydrogen) atoms. The van der Waals surface area contributed by atoms with Crippen molar-refractivity contribution in [2.24, 2.45) is 5.73 Å². The molecule has 1 aromatic heterocycles. The second-order valence-electron chi connectivity index (χ2n) is 6.70. The molecule has 9 nitrogen and oxygen atoms in total. The Bertz CT molecular complexity index is 1020. The summed E-state index contributed by atoms with van der Waals surface area (Å²) in [7, 11) is 0. The van der Waals surface area contributed by atoms with Gasteiger partial charge in [0.15, 0.2) is 5.82 Å². The molecule has 0 radical (unpaired) electrons. The maximum Gasteiger partial charge on any atom is 0.291 e. The van der Waals surface area contributed by atoms with Gasteiger partial charge >= 0.3 is 0 Å². The number of benzene rings is 1. The number of nitriles is 1. The molecule has 1 heterocycles. The average Bonchev–Trinajstić information content (AvgIpc) is 2.74. The number of nitrogens with two attached hydrogens (primary N) is 1. The third-order valence-corrected chi connectivity index (χ3v) is 4.34. The van der Waals surface area contributed by atoms with Crippen molar-refractivity contribution < 1.29 is 22.8 Å². The molecule has 6 N–H and O–H groups in total. The van der Waals surface area contributed by atoms with Crippen molar-refractivity contribution in [3.63, 3.8) is 0 Å². The number of carbonyl (C=O) groups is 1. The van der Waals surface area contributed by atoms with Crippen LogP contribution in [0.4, 0.5) is 18.9 Å². The monoisotopic (exact) mass is 449 g/mol. The number of hydrogen-bond acceptors (Lipinski definition) is 6. The zero-order valence-corrected chi connectivity index (χ0v) is 17.1. The number of nitrogens with zero attached hydrogens (tertiary/aromatic N) is 2. The topological polar surface area (TPSA) is 149 Å². The van der Waals surface area contributed by atoms with Crippen molar-refractivity contribution >= 4 is 17.6 Å². The molecule has 12 heteroatoms. The van der Waals surface area contributed by atoms with E-state index in [1.54, 1.807) is 6.07 Å². The van der Waals surface area contributed by atoms with Gasteiger partial charge in [-0.15, -0.1) is 0 Å². The van der Waals surface area contributed by atoms with Crippen LogP contribution in [-0.2, 0) is 22.0 Å². The molecule has 0 spiro atoms. The minimum atomic E-state index is -3.33. The Morgan fingerprint density at radius 3 is 2.78 bits per heavy atom. The minimum Gasteiger partial charge on any atom is -0.376 e. The van der Waals surface area contributed by atoms with Gasteiger partial charge in [0, 0.05) is 30.1 Å². The summed E-state index contributed by atoms with van der Waals surface area (Å²) in [6, 6.07) is 5.66. The lowest BCUT2D eigenvalue weighted by atomic mass is 10.0. The highest BCUT2D eigenvalue weighted by Crippen LogP contribution is 2.31. The van der Waals surface area contributed by atoms with E-state index in [-0.39, 0.29) is 35.5 Å². The fourth-order valence-electron chi connectivity index (χ4n) is 2.78. The second-order valence-corrected chi connectivity index (χ2v) is 6.70. The van der Waals surface area contributed by atoms with Crippen LogP contribution < -0.4 is 21.8 Å². The number of nitrogens with one attached hydrogen (secondary N) is 4. The van der Waals surface area contributed by atoms with E-state index in [0.717, 1.165) is 6.20 Å². The van der Waals surface area contributed by atoms with Crippen LogP contribution in [0.15, 0.2) is 30.6 Å². The Balaban J connectivity index is 2.07. The van der Waals surface area contributed by atoms with E-state index in [0.29, 0.717) is 5.56 Å². The fraction of sp³-hybridized carbons (Fsp3) is 0.300. The molecule has 170 valence electrons. The first kappa shape index (κ1) is 24.4. The van der Waals surface area contributed by atoms with E-state index in [1.807, 2.05) is 0 Å². The van der Waals surface area contributed by atoms with Gasteiger partial charge in [-0.05, 0) is 30.7 Å². The quantitative estimate of drug-likeness (QED) is 0.160. The highest BCUT2D eigenvalue weighted by atomic mass is 19.3. The Morgan fingerprint density at radius 2 is 2.12 bits per heavy atom. The molecule has 0 saturated carbocycles. The molecule has 1 amide bonds. The zero-order valence-electron chi connectivity index (χ0n) is 17.1. The van der Waals surface area contributed by atoms with E-state index in [2.05, 4.69) is 21.1 Å². The average molecular weight is 449 g/mol. The van der Waals surface area contributed by atoms with Gasteiger partial charge in [0.05, 0.1) is 36.9 Å². The lowest BCUT2D eigenvalue weighted by Gasteiger charge is -2.20. The largest absolute Gasteiger partial charge is 0.376 e. The van der Waals surface area contributed by atoms with Crippen LogP contribution in [0.3, 0.4) is 0 Å². The molecule has 0 atom stereocenters. The van der Waals surface area contributed by atoms with Gasteiger partial charge in [-0.25, -0.2) is 9.87 Å². The highest BCUT2D eigenvalue weighted by Gasteiger charge is 2.33. The zero-order chi connectivity index (χ0) is 23.7. The number of hydrogen-bond donors (Lipinski definition) is 5. The van der Waals surface area contributed by atoms with Gasteiger partial charge in [0.1, 0.15) is 0 Å². The standard InChI is InChI=1S/C20H22F3N7O2/c1-12-4-5-27-10-15(12)20(22,23)11-29-16-3-2-13(9-24)14(18(16)21)8-17(31)28-6-7-32-30-19(25)26/h2-5,10,29H,6-8,11H2,1H3,(H,28,31)(H4,25,26,30). The van der Waals surface area contributed by atoms with Crippen molar-refractivity contribution in [1.82, 2.24) is 15.8 Å². The summed E-state index contributed by atoms with van der Waals surface area (Å²) in [5.41, 5.74) is 6.58. The van der Waals surface area contributed by atoms with Gasteiger partial charge in [-0.3, -0.25) is 20.0 Å². The maximum atomic E-state index is 14.9. The van der Waals surface area contributed by atoms with Crippen molar-refractivity contribution in [3.8, 4) is 6.07 Å². The molecule has 0 unspecified atom stereocenters. The molecular weight excluding hydrogens is 427 g/mol. The number of carbonyl (C=O) groups excluding carboxylic acids is 1. The molecule has 1 aromatic carbocycles. The first-order valence-electron chi connectivity index (χ1n) is 9.38. The van der Waals surface area contributed by atoms with Crippen molar-refractivity contribution in [2.75, 3.05) is 25.0 Å². The predicted molar refractivity (Wildman–Crippen MR) is 110 cm³/mol. The molecule has 0 aliphatic rings. The molecule has 2 rings (SSSR count). The van der Waals surface area contributed by atoms with Crippen LogP contribution >= 0.6 is 0 Å². The third-order valence-electron chi connectivity index (χ3n) is 4.34. The molecule has 2 aromatic rings. The number of halogens is 3. The third kappa shape index (κ3) is 6.58. The lowest BCUT2D eigenvalue weighted by molar-refractivity contribution is -0.120. The molecule has 0 aliphatic carbocycles. The molecule has 0 bridgehead atoms. The van der Waals surface area contributed by atoms with Crippen LogP contribution in [-0.4, -0.2) is 36.5 Å². The highest BCUT2D eigenvalue weighted by molar-refractivity contribution is 5.80. The van der Waals surface area contributed by atoms with Crippen LogP contribution in [0, 0.1) is 29.5 Å². The number of hydroxylamine groups is 1. The SMILES string of the molecule is Cc1ccncc1C(F)(F)CNc1ccc(C#N)c(CC(=O)NCCONC(=N)N)c1F. The number of pyridine rings is 1. The predicted octanol–water partition coefficient (Wildman–Crippen LogP) is 1.68. The van der Waals surface area contributed by atoms with Crippen molar-refractivity contribution in [3.05, 3.63) is 58.7 Å². The van der Waals surface area contributed by atoms with Gasteiger partial charge in [0.25, 0.3) is 5.92 Å². The maximum absolute atomic E-state index is 14.9. The summed E-state index contributed by atoms with van der Waals surface area (Å²) in [6.07, 6.45) is 1.96. The smallest absolute Gasteiger partial charge is 0.291 e. The Morgan fingerprint density at radius 1 is 1.38 bits per heavy atom. The number of rotatable bonds is 10. The van der Waals surface area contributed by atoms with Crippen molar-refractivity contribution in [2.45, 2.75) is 19.3 Å². The summed E-state index contributed by atoms with van der Waals surface area (Å²) in [5, 5.41) is 20.9. The Hall–Kier alpha value is -3.85. The van der Waals surface area contributed by atoms with Gasteiger partial charge < -0.3 is 16.4 Å². The van der Waals surface area contributed by atoms with Gasteiger partial charge in [0.2, 0.25) is 11.9 Å². The van der Waals surface area contributed by atoms with E-state index >= 15 is 0 Å². The number of amides is 1. The summed E-state index contributed by atoms with van der Waals surface area (Å²) in [4.78, 5) is 20.6. The van der Waals surface area contributed by atoms with Gasteiger partial charge in [-0.1, -0.05) is 0 Å². The summed E-state index contributed by atoms with van der Waals surface area (Å²) in [5.74, 6) is -5.32. The van der Waals surface area contributed by atoms with Crippen LogP contribution in [0.25, 0.3) is 0 Å². The first-order chi connectivity index (χ1) is 15.2. The van der Waals surface area contributed by atoms with E-state index < -0.39 is 36.6 Å². The van der Waals surface area contributed by atoms with E-state index in [1.165, 1.54) is 31.3 Å². The summed E-state index contributed by atoms with van der Waals surface area (Å²) in [6.45, 7) is 0.611. The van der Waals surface area contributed by atoms with Gasteiger partial charge in [-0.2, -0.15) is 14.0 Å². The molecule has 0 saturated heterocycles. The molecular formula is C20H22F3N7O2. The van der Waals surface area contributed by atoms with E-state index in [9.17, 15) is 23.2 Å². The Kier molecular flexibility index (Phi) is 8.37. The van der Waals surface area contributed by atoms with Crippen LogP contribution in [0.1, 0.15) is 22.3 Å². The minimum absolute atomic E-state index is 0.0245. The number of guanidine groups is 1. The molecule has 0 fully saturated rings. The van der Waals surface area contributed by atoms with Crippen molar-refractivity contribution in [1.29, 1.82) is 10.7 Å². The number of aryl methyl sites for hydroxylation is 1. The number of alkyl halides is 2. The Labute approximate surface area is 182 Å².